The highest BCUT2D eigenvalue weighted by Gasteiger charge is 2.39. The predicted octanol–water partition coefficient (Wildman–Crippen LogP) is 5.02. The molecule has 2 nitrogen and oxygen atoms in total. The third-order valence-corrected chi connectivity index (χ3v) is 8.52. The van der Waals surface area contributed by atoms with Crippen molar-refractivity contribution >= 4 is 24.2 Å². The van der Waals surface area contributed by atoms with Crippen molar-refractivity contribution in [2.24, 2.45) is 0 Å². The van der Waals surface area contributed by atoms with E-state index in [2.05, 4.69) is 61.9 Å². The van der Waals surface area contributed by atoms with Gasteiger partial charge in [-0.05, 0) is 42.2 Å². The lowest BCUT2D eigenvalue weighted by Crippen LogP contribution is -2.43. The fourth-order valence-corrected chi connectivity index (χ4v) is 2.97. The van der Waals surface area contributed by atoms with Crippen LogP contribution in [0.4, 0.5) is 0 Å². The van der Waals surface area contributed by atoms with E-state index in [1.807, 2.05) is 6.07 Å². The smallest absolute Gasteiger partial charge is 0.250 e. The predicted molar refractivity (Wildman–Crippen MR) is 88.3 cm³/mol. The standard InChI is InChI=1S/C15H25BrO2Si/c1-15(2,3)19(5,6)18-13-8-7-12(9-10-16)11-14(13)17-4/h7-8,11H,9-10H2,1-6H3. The first-order valence-corrected chi connectivity index (χ1v) is 10.7. The maximum atomic E-state index is 6.32. The normalized spacial score (nSPS) is 12.4. The van der Waals surface area contributed by atoms with Gasteiger partial charge in [0.25, 0.3) is 8.32 Å². The third kappa shape index (κ3) is 4.25. The summed E-state index contributed by atoms with van der Waals surface area (Å²) in [6.07, 6.45) is 0.997. The van der Waals surface area contributed by atoms with Crippen molar-refractivity contribution in [3.63, 3.8) is 0 Å². The molecule has 19 heavy (non-hydrogen) atoms. The Labute approximate surface area is 126 Å². The molecule has 0 atom stereocenters. The fraction of sp³-hybridized carbons (Fsp3) is 0.600. The summed E-state index contributed by atoms with van der Waals surface area (Å²) in [7, 11) is -0.118. The molecule has 1 aromatic carbocycles. The number of halogens is 1. The maximum absolute atomic E-state index is 6.32. The van der Waals surface area contributed by atoms with Gasteiger partial charge in [-0.1, -0.05) is 42.8 Å². The van der Waals surface area contributed by atoms with Crippen molar-refractivity contribution in [1.29, 1.82) is 0 Å². The van der Waals surface area contributed by atoms with Crippen LogP contribution in [0.25, 0.3) is 0 Å². The Balaban J connectivity index is 3.01. The highest BCUT2D eigenvalue weighted by molar-refractivity contribution is 9.09. The van der Waals surface area contributed by atoms with E-state index < -0.39 is 8.32 Å². The van der Waals surface area contributed by atoms with Crippen molar-refractivity contribution in [1.82, 2.24) is 0 Å². The summed E-state index contributed by atoms with van der Waals surface area (Å²) in [5, 5.41) is 1.14. The van der Waals surface area contributed by atoms with Crippen LogP contribution >= 0.6 is 15.9 Å². The van der Waals surface area contributed by atoms with E-state index in [1.165, 1.54) is 5.56 Å². The summed E-state index contributed by atoms with van der Waals surface area (Å²) in [6, 6.07) is 6.23. The Bertz CT molecular complexity index is 425. The topological polar surface area (TPSA) is 18.5 Å². The van der Waals surface area contributed by atoms with Crippen LogP contribution in [0, 0.1) is 0 Å². The quantitative estimate of drug-likeness (QED) is 0.551. The van der Waals surface area contributed by atoms with E-state index in [1.54, 1.807) is 7.11 Å². The van der Waals surface area contributed by atoms with E-state index in [0.29, 0.717) is 0 Å². The fourth-order valence-electron chi connectivity index (χ4n) is 1.49. The average molecular weight is 345 g/mol. The van der Waals surface area contributed by atoms with Gasteiger partial charge in [0.05, 0.1) is 7.11 Å². The molecular formula is C15H25BrO2Si. The van der Waals surface area contributed by atoms with Crippen LogP contribution in [0.2, 0.25) is 18.1 Å². The summed E-state index contributed by atoms with van der Waals surface area (Å²) < 4.78 is 11.8. The van der Waals surface area contributed by atoms with E-state index >= 15 is 0 Å². The number of aryl methyl sites for hydroxylation is 1. The summed E-state index contributed by atoms with van der Waals surface area (Å²) in [6.45, 7) is 11.2. The molecule has 0 saturated heterocycles. The highest BCUT2D eigenvalue weighted by atomic mass is 79.9. The molecule has 108 valence electrons. The summed E-state index contributed by atoms with van der Waals surface area (Å²) >= 11 is 3.46. The van der Waals surface area contributed by atoms with Crippen LogP contribution in [0.5, 0.6) is 11.5 Å². The minimum absolute atomic E-state index is 0.187. The Hall–Kier alpha value is -0.483. The van der Waals surface area contributed by atoms with Crippen molar-refractivity contribution in [2.75, 3.05) is 12.4 Å². The largest absolute Gasteiger partial charge is 0.541 e. The molecule has 0 bridgehead atoms. The van der Waals surface area contributed by atoms with Gasteiger partial charge < -0.3 is 9.16 Å². The molecule has 1 aromatic rings. The van der Waals surface area contributed by atoms with E-state index in [9.17, 15) is 0 Å². The Morgan fingerprint density at radius 2 is 1.79 bits per heavy atom. The molecule has 0 aromatic heterocycles. The molecule has 0 radical (unpaired) electrons. The molecule has 0 aliphatic carbocycles. The SMILES string of the molecule is COc1cc(CCBr)ccc1O[Si](C)(C)C(C)(C)C. The van der Waals surface area contributed by atoms with Gasteiger partial charge in [-0.3, -0.25) is 0 Å². The molecule has 0 saturated carbocycles. The number of alkyl halides is 1. The summed E-state index contributed by atoms with van der Waals surface area (Å²) in [5.41, 5.74) is 1.26. The van der Waals surface area contributed by atoms with Gasteiger partial charge in [-0.15, -0.1) is 0 Å². The Kier molecular flexibility index (Phi) is 5.50. The van der Waals surface area contributed by atoms with E-state index in [4.69, 9.17) is 9.16 Å². The average Bonchev–Trinajstić information content (AvgIpc) is 2.29. The van der Waals surface area contributed by atoms with E-state index in [-0.39, 0.29) is 5.04 Å². The van der Waals surface area contributed by atoms with Gasteiger partial charge in [0, 0.05) is 5.33 Å². The lowest BCUT2D eigenvalue weighted by atomic mass is 10.1. The molecule has 0 amide bonds. The van der Waals surface area contributed by atoms with Crippen LogP contribution in [0.15, 0.2) is 18.2 Å². The third-order valence-electron chi connectivity index (χ3n) is 3.78. The second kappa shape index (κ2) is 6.31. The maximum Gasteiger partial charge on any atom is 0.250 e. The van der Waals surface area contributed by atoms with Crippen LogP contribution in [0.3, 0.4) is 0 Å². The van der Waals surface area contributed by atoms with Crippen LogP contribution in [-0.2, 0) is 6.42 Å². The Morgan fingerprint density at radius 3 is 2.26 bits per heavy atom. The monoisotopic (exact) mass is 344 g/mol. The molecular weight excluding hydrogens is 320 g/mol. The molecule has 1 rings (SSSR count). The van der Waals surface area contributed by atoms with Crippen LogP contribution in [0.1, 0.15) is 26.3 Å². The van der Waals surface area contributed by atoms with Gasteiger partial charge in [-0.25, -0.2) is 0 Å². The molecule has 0 fully saturated rings. The number of hydrogen-bond donors (Lipinski definition) is 0. The van der Waals surface area contributed by atoms with Gasteiger partial charge >= 0.3 is 0 Å². The van der Waals surface area contributed by atoms with E-state index in [0.717, 1.165) is 23.2 Å². The highest BCUT2D eigenvalue weighted by Crippen LogP contribution is 2.40. The Morgan fingerprint density at radius 1 is 1.16 bits per heavy atom. The first-order valence-electron chi connectivity index (χ1n) is 6.63. The lowest BCUT2D eigenvalue weighted by molar-refractivity contribution is 0.385. The molecule has 0 aliphatic rings. The number of benzene rings is 1. The zero-order valence-corrected chi connectivity index (χ0v) is 15.4. The first kappa shape index (κ1) is 16.6. The van der Waals surface area contributed by atoms with Crippen molar-refractivity contribution < 1.29 is 9.16 Å². The molecule has 0 N–H and O–H groups in total. The van der Waals surface area contributed by atoms with Crippen LogP contribution < -0.4 is 9.16 Å². The first-order chi connectivity index (χ1) is 8.71. The van der Waals surface area contributed by atoms with Crippen molar-refractivity contribution in [3.05, 3.63) is 23.8 Å². The van der Waals surface area contributed by atoms with Gasteiger partial charge in [-0.2, -0.15) is 0 Å². The second-order valence-corrected chi connectivity index (χ2v) is 11.8. The van der Waals surface area contributed by atoms with Crippen molar-refractivity contribution in [3.8, 4) is 11.5 Å². The van der Waals surface area contributed by atoms with Crippen LogP contribution in [-0.4, -0.2) is 20.8 Å². The minimum atomic E-state index is -1.82. The zero-order valence-electron chi connectivity index (χ0n) is 12.8. The lowest BCUT2D eigenvalue weighted by Gasteiger charge is -2.36. The number of rotatable bonds is 5. The summed E-state index contributed by atoms with van der Waals surface area (Å²) in [4.78, 5) is 0. The number of ether oxygens (including phenoxy) is 1. The molecule has 4 heteroatoms. The zero-order chi connectivity index (χ0) is 14.7. The van der Waals surface area contributed by atoms with Gasteiger partial charge in [0.15, 0.2) is 5.75 Å². The molecule has 0 spiro atoms. The van der Waals surface area contributed by atoms with Gasteiger partial charge in [0.1, 0.15) is 5.75 Å². The molecule has 0 heterocycles. The number of hydrogen-bond acceptors (Lipinski definition) is 2. The number of methoxy groups -OCH3 is 1. The van der Waals surface area contributed by atoms with Gasteiger partial charge in [0.2, 0.25) is 0 Å². The minimum Gasteiger partial charge on any atom is -0.541 e. The summed E-state index contributed by atoms with van der Waals surface area (Å²) in [5.74, 6) is 1.70. The second-order valence-electron chi connectivity index (χ2n) is 6.29. The molecule has 0 aliphatic heterocycles. The van der Waals surface area contributed by atoms with Crippen molar-refractivity contribution in [2.45, 2.75) is 45.3 Å². The molecule has 0 unspecified atom stereocenters.